The number of hydrogen-bond acceptors (Lipinski definition) is 5. The van der Waals surface area contributed by atoms with Crippen molar-refractivity contribution in [1.82, 2.24) is 14.1 Å². The lowest BCUT2D eigenvalue weighted by Crippen LogP contribution is -2.43. The summed E-state index contributed by atoms with van der Waals surface area (Å²) in [4.78, 5) is 24.0. The Morgan fingerprint density at radius 2 is 1.80 bits per heavy atom. The summed E-state index contributed by atoms with van der Waals surface area (Å²) in [7, 11) is -3.71. The Hall–Kier alpha value is -2.72. The van der Waals surface area contributed by atoms with Crippen LogP contribution >= 0.6 is 0 Å². The van der Waals surface area contributed by atoms with E-state index in [9.17, 15) is 18.0 Å². The quantitative estimate of drug-likeness (QED) is 0.725. The molecule has 1 saturated heterocycles. The Morgan fingerprint density at radius 3 is 2.37 bits per heavy atom. The number of nitrogens with zero attached hydrogens (tertiary/aromatic N) is 3. The molecule has 162 valence electrons. The molecule has 10 heteroatoms. The largest absolute Gasteiger partial charge is 0.326 e. The summed E-state index contributed by atoms with van der Waals surface area (Å²) in [6.07, 6.45) is 2.78. The SMILES string of the molecule is CCn1cc(S(=O)(=O)N2CCCC(C(=O)Nc3ccc(NC(C)=O)cc3)C2)c(C)n1. The van der Waals surface area contributed by atoms with Crippen LogP contribution in [0.2, 0.25) is 0 Å². The van der Waals surface area contributed by atoms with E-state index < -0.39 is 15.9 Å². The lowest BCUT2D eigenvalue weighted by molar-refractivity contribution is -0.121. The van der Waals surface area contributed by atoms with Crippen molar-refractivity contribution in [2.24, 2.45) is 5.92 Å². The molecule has 30 heavy (non-hydrogen) atoms. The van der Waals surface area contributed by atoms with E-state index in [0.29, 0.717) is 43.0 Å². The Kier molecular flexibility index (Phi) is 6.57. The van der Waals surface area contributed by atoms with Crippen LogP contribution < -0.4 is 10.6 Å². The van der Waals surface area contributed by atoms with Gasteiger partial charge in [0.1, 0.15) is 4.90 Å². The lowest BCUT2D eigenvalue weighted by Gasteiger charge is -2.31. The molecule has 2 N–H and O–H groups in total. The Labute approximate surface area is 176 Å². The zero-order valence-corrected chi connectivity index (χ0v) is 18.2. The standard InChI is InChI=1S/C20H27N5O4S/c1-4-24-13-19(14(2)23-24)30(28,29)25-11-5-6-16(12-25)20(27)22-18-9-7-17(8-10-18)21-15(3)26/h7-10,13,16H,4-6,11-12H2,1-3H3,(H,21,26)(H,22,27). The summed E-state index contributed by atoms with van der Waals surface area (Å²) in [5.74, 6) is -0.830. The highest BCUT2D eigenvalue weighted by atomic mass is 32.2. The van der Waals surface area contributed by atoms with E-state index in [1.165, 1.54) is 11.2 Å². The van der Waals surface area contributed by atoms with E-state index in [-0.39, 0.29) is 23.3 Å². The minimum absolute atomic E-state index is 0.134. The van der Waals surface area contributed by atoms with Gasteiger partial charge in [-0.1, -0.05) is 0 Å². The molecule has 1 atom stereocenters. The second kappa shape index (κ2) is 8.97. The van der Waals surface area contributed by atoms with Crippen molar-refractivity contribution in [3.63, 3.8) is 0 Å². The number of carbonyl (C=O) groups is 2. The van der Waals surface area contributed by atoms with Gasteiger partial charge < -0.3 is 10.6 Å². The molecule has 0 saturated carbocycles. The Balaban J connectivity index is 1.68. The number of benzene rings is 1. The second-order valence-corrected chi connectivity index (χ2v) is 9.29. The number of aromatic nitrogens is 2. The molecule has 2 aromatic rings. The van der Waals surface area contributed by atoms with Gasteiger partial charge in [0.25, 0.3) is 0 Å². The predicted molar refractivity (Wildman–Crippen MR) is 113 cm³/mol. The van der Waals surface area contributed by atoms with Gasteiger partial charge in [0, 0.05) is 44.1 Å². The van der Waals surface area contributed by atoms with Gasteiger partial charge in [-0.3, -0.25) is 14.3 Å². The van der Waals surface area contributed by atoms with Crippen LogP contribution in [0.1, 0.15) is 32.4 Å². The fourth-order valence-electron chi connectivity index (χ4n) is 3.51. The first-order valence-electron chi connectivity index (χ1n) is 9.93. The van der Waals surface area contributed by atoms with Crippen LogP contribution in [-0.4, -0.2) is 47.4 Å². The molecule has 1 aliphatic rings. The third-order valence-corrected chi connectivity index (χ3v) is 7.04. The molecule has 1 aromatic heterocycles. The van der Waals surface area contributed by atoms with Crippen molar-refractivity contribution in [2.75, 3.05) is 23.7 Å². The molecule has 0 aliphatic carbocycles. The topological polar surface area (TPSA) is 113 Å². The average Bonchev–Trinajstić information content (AvgIpc) is 3.11. The highest BCUT2D eigenvalue weighted by Crippen LogP contribution is 2.26. The number of rotatable bonds is 6. The number of hydrogen-bond donors (Lipinski definition) is 2. The molecule has 9 nitrogen and oxygen atoms in total. The molecule has 2 heterocycles. The van der Waals surface area contributed by atoms with Crippen LogP contribution in [0.15, 0.2) is 35.4 Å². The van der Waals surface area contributed by atoms with E-state index in [0.717, 1.165) is 0 Å². The number of amides is 2. The molecule has 2 amide bonds. The Bertz CT molecular complexity index is 1030. The van der Waals surface area contributed by atoms with Crippen molar-refractivity contribution in [3.05, 3.63) is 36.2 Å². The van der Waals surface area contributed by atoms with Gasteiger partial charge >= 0.3 is 0 Å². The summed E-state index contributed by atoms with van der Waals surface area (Å²) < 4.78 is 29.2. The van der Waals surface area contributed by atoms with Crippen molar-refractivity contribution in [2.45, 2.75) is 45.1 Å². The number of carbonyl (C=O) groups excluding carboxylic acids is 2. The van der Waals surface area contributed by atoms with Crippen LogP contribution in [0.3, 0.4) is 0 Å². The first kappa shape index (κ1) is 22.0. The fraction of sp³-hybridized carbons (Fsp3) is 0.450. The van der Waals surface area contributed by atoms with Crippen molar-refractivity contribution < 1.29 is 18.0 Å². The first-order chi connectivity index (χ1) is 14.2. The Morgan fingerprint density at radius 1 is 1.17 bits per heavy atom. The molecule has 3 rings (SSSR count). The van der Waals surface area contributed by atoms with E-state index in [2.05, 4.69) is 15.7 Å². The first-order valence-corrected chi connectivity index (χ1v) is 11.4. The third kappa shape index (κ3) is 4.88. The van der Waals surface area contributed by atoms with Crippen LogP contribution in [0.25, 0.3) is 0 Å². The highest BCUT2D eigenvalue weighted by Gasteiger charge is 2.35. The summed E-state index contributed by atoms with van der Waals surface area (Å²) >= 11 is 0. The average molecular weight is 434 g/mol. The predicted octanol–water partition coefficient (Wildman–Crippen LogP) is 2.21. The highest BCUT2D eigenvalue weighted by molar-refractivity contribution is 7.89. The van der Waals surface area contributed by atoms with Gasteiger partial charge in [0.15, 0.2) is 0 Å². The van der Waals surface area contributed by atoms with Gasteiger partial charge in [0.05, 0.1) is 11.6 Å². The lowest BCUT2D eigenvalue weighted by atomic mass is 9.98. The molecule has 0 spiro atoms. The van der Waals surface area contributed by atoms with E-state index in [1.807, 2.05) is 6.92 Å². The van der Waals surface area contributed by atoms with E-state index >= 15 is 0 Å². The molecule has 0 bridgehead atoms. The zero-order chi connectivity index (χ0) is 21.9. The number of anilines is 2. The van der Waals surface area contributed by atoms with Crippen molar-refractivity contribution in [1.29, 1.82) is 0 Å². The van der Waals surface area contributed by atoms with Gasteiger partial charge in [0.2, 0.25) is 21.8 Å². The van der Waals surface area contributed by atoms with Gasteiger partial charge in [-0.15, -0.1) is 0 Å². The van der Waals surface area contributed by atoms with Crippen molar-refractivity contribution in [3.8, 4) is 0 Å². The van der Waals surface area contributed by atoms with Crippen LogP contribution in [0.5, 0.6) is 0 Å². The van der Waals surface area contributed by atoms with Crippen LogP contribution in [0.4, 0.5) is 11.4 Å². The zero-order valence-electron chi connectivity index (χ0n) is 17.4. The van der Waals surface area contributed by atoms with Gasteiger partial charge in [-0.2, -0.15) is 9.40 Å². The molecule has 1 aliphatic heterocycles. The maximum absolute atomic E-state index is 13.1. The maximum Gasteiger partial charge on any atom is 0.246 e. The minimum Gasteiger partial charge on any atom is -0.326 e. The molecular weight excluding hydrogens is 406 g/mol. The number of aryl methyl sites for hydroxylation is 2. The molecule has 1 fully saturated rings. The second-order valence-electron chi connectivity index (χ2n) is 7.38. The van der Waals surface area contributed by atoms with Crippen molar-refractivity contribution >= 4 is 33.2 Å². The molecule has 1 unspecified atom stereocenters. The smallest absolute Gasteiger partial charge is 0.246 e. The summed E-state index contributed by atoms with van der Waals surface area (Å²) in [5.41, 5.74) is 1.69. The molecule has 1 aromatic carbocycles. The molecule has 0 radical (unpaired) electrons. The third-order valence-electron chi connectivity index (χ3n) is 5.07. The van der Waals surface area contributed by atoms with Crippen LogP contribution in [-0.2, 0) is 26.2 Å². The van der Waals surface area contributed by atoms with E-state index in [4.69, 9.17) is 0 Å². The van der Waals surface area contributed by atoms with Crippen LogP contribution in [0, 0.1) is 12.8 Å². The van der Waals surface area contributed by atoms with Gasteiger partial charge in [-0.05, 0) is 51.0 Å². The number of nitrogens with one attached hydrogen (secondary N) is 2. The number of sulfonamides is 1. The normalized spacial score (nSPS) is 17.5. The fourth-order valence-corrected chi connectivity index (χ4v) is 5.21. The monoisotopic (exact) mass is 433 g/mol. The summed E-state index contributed by atoms with van der Waals surface area (Å²) in [5, 5.41) is 9.73. The summed E-state index contributed by atoms with van der Waals surface area (Å²) in [6, 6.07) is 6.79. The molecular formula is C20H27N5O4S. The summed E-state index contributed by atoms with van der Waals surface area (Å²) in [6.45, 7) is 6.10. The van der Waals surface area contributed by atoms with E-state index in [1.54, 1.807) is 42.1 Å². The van der Waals surface area contributed by atoms with Gasteiger partial charge in [-0.25, -0.2) is 8.42 Å². The maximum atomic E-state index is 13.1. The number of piperidine rings is 1. The minimum atomic E-state index is -3.71.